The van der Waals surface area contributed by atoms with Crippen LogP contribution in [0, 0.1) is 11.3 Å². The molecule has 11 nitrogen and oxygen atoms in total. The van der Waals surface area contributed by atoms with Crippen molar-refractivity contribution < 1.29 is 14.3 Å². The van der Waals surface area contributed by atoms with E-state index in [1.54, 1.807) is 0 Å². The van der Waals surface area contributed by atoms with Crippen molar-refractivity contribution in [3.05, 3.63) is 89.2 Å². The summed E-state index contributed by atoms with van der Waals surface area (Å²) in [6.45, 7) is 5.65. The summed E-state index contributed by atoms with van der Waals surface area (Å²) in [5.41, 5.74) is 9.70. The zero-order valence-corrected chi connectivity index (χ0v) is 22.1. The highest BCUT2D eigenvalue weighted by Gasteiger charge is 2.42. The van der Waals surface area contributed by atoms with Gasteiger partial charge in [0.2, 0.25) is 11.9 Å². The van der Waals surface area contributed by atoms with Crippen LogP contribution in [0.4, 0.5) is 11.4 Å². The number of amidine groups is 1. The summed E-state index contributed by atoms with van der Waals surface area (Å²) >= 11 is 0. The molecule has 11 heteroatoms. The van der Waals surface area contributed by atoms with Crippen molar-refractivity contribution in [2.24, 2.45) is 9.98 Å². The highest BCUT2D eigenvalue weighted by Crippen LogP contribution is 2.34. The van der Waals surface area contributed by atoms with Crippen molar-refractivity contribution >= 4 is 29.0 Å². The Morgan fingerprint density at radius 2 is 1.98 bits per heavy atom. The Labute approximate surface area is 231 Å². The molecule has 2 aromatic carbocycles. The highest BCUT2D eigenvalue weighted by molar-refractivity contribution is 6.19. The van der Waals surface area contributed by atoms with Gasteiger partial charge in [-0.15, -0.1) is 0 Å². The molecule has 0 bridgehead atoms. The molecule has 1 aromatic heterocycles. The van der Waals surface area contributed by atoms with Crippen LogP contribution >= 0.6 is 0 Å². The predicted octanol–water partition coefficient (Wildman–Crippen LogP) is 2.65. The number of nitrogens with one attached hydrogen (secondary N) is 3. The molecule has 40 heavy (non-hydrogen) atoms. The molecule has 202 valence electrons. The first kappa shape index (κ1) is 25.5. The van der Waals surface area contributed by atoms with E-state index in [4.69, 9.17) is 14.5 Å². The molecule has 2 fully saturated rings. The molecule has 0 spiro atoms. The number of para-hydroxylation sites is 1. The van der Waals surface area contributed by atoms with Gasteiger partial charge in [-0.05, 0) is 26.0 Å². The third-order valence-electron chi connectivity index (χ3n) is 7.05. The molecule has 6 rings (SSSR count). The fraction of sp³-hybridized carbons (Fsp3) is 0.276. The van der Waals surface area contributed by atoms with Crippen LogP contribution < -0.4 is 21.1 Å². The minimum Gasteiger partial charge on any atom is -0.435 e. The van der Waals surface area contributed by atoms with E-state index < -0.39 is 11.9 Å². The summed E-state index contributed by atoms with van der Waals surface area (Å²) < 4.78 is 11.9. The standard InChI is InChI=1S/C29H28N8O3/c1-18-17-39-13-12-37(18)23-14-19(15-30)16-31-25(23)29(2)36-35-28(40-29)34-26-27(38)32-22-11-7-6-10-21(22)24(33-26)20-8-4-3-5-9-20/h3-11,14,16,18,26,36H,12-13,17H2,1-2H3,(H,32,38)(H,34,35)/t18-,26-,29?/m1/s1. The van der Waals surface area contributed by atoms with Crippen LogP contribution in [-0.2, 0) is 20.0 Å². The number of benzene rings is 2. The molecule has 3 aliphatic heterocycles. The maximum absolute atomic E-state index is 13.2. The molecule has 1 unspecified atom stereocenters. The molecule has 0 radical (unpaired) electrons. The lowest BCUT2D eigenvalue weighted by atomic mass is 10.0. The highest BCUT2D eigenvalue weighted by atomic mass is 16.6. The van der Waals surface area contributed by atoms with Gasteiger partial charge in [0.1, 0.15) is 11.8 Å². The Hall–Kier alpha value is -4.79. The van der Waals surface area contributed by atoms with E-state index in [0.717, 1.165) is 16.8 Å². The number of hydrazine groups is 1. The molecule has 4 heterocycles. The molecule has 3 aromatic rings. The number of amides is 1. The number of aliphatic imine (C=N–C) groups is 2. The van der Waals surface area contributed by atoms with Crippen molar-refractivity contribution in [2.45, 2.75) is 31.8 Å². The summed E-state index contributed by atoms with van der Waals surface area (Å²) in [6, 6.07) is 21.4. The number of fused-ring (bicyclic) bond motifs is 1. The predicted molar refractivity (Wildman–Crippen MR) is 150 cm³/mol. The number of nitriles is 1. The smallest absolute Gasteiger partial charge is 0.304 e. The van der Waals surface area contributed by atoms with E-state index in [0.29, 0.717) is 42.4 Å². The van der Waals surface area contributed by atoms with Gasteiger partial charge in [0, 0.05) is 29.9 Å². The fourth-order valence-electron chi connectivity index (χ4n) is 5.04. The van der Waals surface area contributed by atoms with Crippen LogP contribution in [0.15, 0.2) is 76.8 Å². The average molecular weight is 537 g/mol. The molecular weight excluding hydrogens is 508 g/mol. The topological polar surface area (TPSA) is 136 Å². The number of morpholine rings is 1. The van der Waals surface area contributed by atoms with Crippen molar-refractivity contribution in [1.29, 1.82) is 5.26 Å². The van der Waals surface area contributed by atoms with Crippen LogP contribution in [-0.4, -0.2) is 54.6 Å². The van der Waals surface area contributed by atoms with E-state index in [1.807, 2.05) is 67.6 Å². The summed E-state index contributed by atoms with van der Waals surface area (Å²) in [7, 11) is 0. The second-order valence-corrected chi connectivity index (χ2v) is 9.89. The third-order valence-corrected chi connectivity index (χ3v) is 7.05. The Morgan fingerprint density at radius 1 is 1.18 bits per heavy atom. The normalized spacial score (nSPS) is 25.1. The number of rotatable bonds is 4. The van der Waals surface area contributed by atoms with Crippen molar-refractivity contribution in [3.63, 3.8) is 0 Å². The quantitative estimate of drug-likeness (QED) is 0.463. The molecule has 3 N–H and O–H groups in total. The van der Waals surface area contributed by atoms with Gasteiger partial charge in [0.05, 0.1) is 35.9 Å². The first-order valence-corrected chi connectivity index (χ1v) is 13.0. The van der Waals surface area contributed by atoms with Crippen LogP contribution in [0.2, 0.25) is 0 Å². The van der Waals surface area contributed by atoms with Gasteiger partial charge in [-0.2, -0.15) is 15.7 Å². The van der Waals surface area contributed by atoms with Crippen molar-refractivity contribution in [2.75, 3.05) is 30.0 Å². The summed E-state index contributed by atoms with van der Waals surface area (Å²) in [4.78, 5) is 29.3. The minimum atomic E-state index is -1.14. The number of benzodiazepines with no additional fused rings is 1. The second kappa shape index (κ2) is 10.4. The Bertz CT molecular complexity index is 1550. The van der Waals surface area contributed by atoms with Gasteiger partial charge in [-0.3, -0.25) is 15.2 Å². The number of anilines is 2. The van der Waals surface area contributed by atoms with Gasteiger partial charge in [0.15, 0.2) is 0 Å². The molecule has 3 aliphatic rings. The summed E-state index contributed by atoms with van der Waals surface area (Å²) in [5, 5.41) is 12.5. The van der Waals surface area contributed by atoms with Crippen LogP contribution in [0.1, 0.15) is 36.2 Å². The number of hydrogen-bond acceptors (Lipinski definition) is 9. The first-order chi connectivity index (χ1) is 19.4. The monoisotopic (exact) mass is 536 g/mol. The number of ether oxygens (including phenoxy) is 2. The molecule has 1 amide bonds. The number of aromatic nitrogens is 1. The summed E-state index contributed by atoms with van der Waals surface area (Å²) in [5.74, 6) is -0.385. The fourth-order valence-corrected chi connectivity index (χ4v) is 5.04. The van der Waals surface area contributed by atoms with Gasteiger partial charge in [-0.25, -0.2) is 4.99 Å². The second-order valence-electron chi connectivity index (χ2n) is 9.89. The molecular formula is C29H28N8O3. The first-order valence-electron chi connectivity index (χ1n) is 13.0. The summed E-state index contributed by atoms with van der Waals surface area (Å²) in [6.07, 6.45) is 0.406. The molecule has 2 saturated heterocycles. The maximum atomic E-state index is 13.2. The minimum absolute atomic E-state index is 0.0800. The van der Waals surface area contributed by atoms with Crippen LogP contribution in [0.25, 0.3) is 0 Å². The van der Waals surface area contributed by atoms with Crippen LogP contribution in [0.5, 0.6) is 0 Å². The number of pyridine rings is 1. The van der Waals surface area contributed by atoms with Gasteiger partial charge in [-0.1, -0.05) is 48.5 Å². The maximum Gasteiger partial charge on any atom is 0.304 e. The van der Waals surface area contributed by atoms with Crippen molar-refractivity contribution in [1.82, 2.24) is 15.8 Å². The zero-order valence-electron chi connectivity index (χ0n) is 22.1. The molecule has 0 aliphatic carbocycles. The number of carbonyl (C=O) groups excluding carboxylic acids is 1. The molecule has 3 atom stereocenters. The van der Waals surface area contributed by atoms with E-state index >= 15 is 0 Å². The lowest BCUT2D eigenvalue weighted by Gasteiger charge is -2.37. The van der Waals surface area contributed by atoms with Gasteiger partial charge < -0.3 is 19.7 Å². The van der Waals surface area contributed by atoms with E-state index in [9.17, 15) is 10.1 Å². The van der Waals surface area contributed by atoms with Crippen LogP contribution in [0.3, 0.4) is 0 Å². The number of carbonyl (C=O) groups is 1. The number of hydrogen-bond donors (Lipinski definition) is 3. The largest absolute Gasteiger partial charge is 0.435 e. The third kappa shape index (κ3) is 4.75. The Balaban J connectivity index is 1.35. The van der Waals surface area contributed by atoms with Crippen molar-refractivity contribution in [3.8, 4) is 6.07 Å². The lowest BCUT2D eigenvalue weighted by Crippen LogP contribution is -2.47. The van der Waals surface area contributed by atoms with E-state index in [2.05, 4.69) is 44.0 Å². The van der Waals surface area contributed by atoms with E-state index in [1.165, 1.54) is 6.20 Å². The molecule has 0 saturated carbocycles. The van der Waals surface area contributed by atoms with E-state index in [-0.39, 0.29) is 18.0 Å². The lowest BCUT2D eigenvalue weighted by molar-refractivity contribution is -0.117. The van der Waals surface area contributed by atoms with Gasteiger partial charge in [0.25, 0.3) is 5.91 Å². The zero-order chi connectivity index (χ0) is 27.7. The number of nitrogens with zero attached hydrogens (tertiary/aromatic N) is 5. The Morgan fingerprint density at radius 3 is 2.77 bits per heavy atom. The SMILES string of the molecule is C[C@@H]1COCCN1c1cc(C#N)cnc1C1(C)NN/C(=N\[C@H]2N=C(c3ccccc3)c3ccccc3NC2=O)O1. The average Bonchev–Trinajstić information content (AvgIpc) is 3.30. The Kier molecular flexibility index (Phi) is 6.63. The van der Waals surface area contributed by atoms with Gasteiger partial charge >= 0.3 is 6.02 Å².